The van der Waals surface area contributed by atoms with Gasteiger partial charge >= 0.3 is 5.97 Å². The lowest BCUT2D eigenvalue weighted by atomic mass is 9.95. The van der Waals surface area contributed by atoms with E-state index >= 15 is 0 Å². The summed E-state index contributed by atoms with van der Waals surface area (Å²) in [5.74, 6) is -1.39. The molecule has 1 amide bonds. The van der Waals surface area contributed by atoms with Crippen LogP contribution in [0.15, 0.2) is 78.9 Å². The number of nitrogens with one attached hydrogen (secondary N) is 1. The lowest BCUT2D eigenvalue weighted by Crippen LogP contribution is -2.37. The fraction of sp³-hybridized carbons (Fsp3) is 0.0909. The molecule has 0 bridgehead atoms. The van der Waals surface area contributed by atoms with Crippen molar-refractivity contribution >= 4 is 17.6 Å². The summed E-state index contributed by atoms with van der Waals surface area (Å²) in [5.41, 5.74) is -1.15. The molecule has 0 radical (unpaired) electrons. The molecule has 142 valence electrons. The second-order valence-corrected chi connectivity index (χ2v) is 6.33. The predicted molar refractivity (Wildman–Crippen MR) is 104 cm³/mol. The van der Waals surface area contributed by atoms with Gasteiger partial charge in [0, 0.05) is 11.8 Å². The number of carbonyl (C=O) groups is 2. The fourth-order valence-electron chi connectivity index (χ4n) is 2.58. The lowest BCUT2D eigenvalue weighted by molar-refractivity contribution is -0.133. The van der Waals surface area contributed by atoms with Gasteiger partial charge in [0.05, 0.1) is 0 Å². The van der Waals surface area contributed by atoms with E-state index in [4.69, 9.17) is 4.74 Å². The highest BCUT2D eigenvalue weighted by Gasteiger charge is 2.32. The molecule has 0 aliphatic heterocycles. The highest BCUT2D eigenvalue weighted by molar-refractivity contribution is 5.99. The van der Waals surface area contributed by atoms with Crippen LogP contribution >= 0.6 is 0 Å². The predicted octanol–water partition coefficient (Wildman–Crippen LogP) is 3.46. The smallest absolute Gasteiger partial charge is 0.347 e. The van der Waals surface area contributed by atoms with E-state index in [0.717, 1.165) is 0 Å². The normalized spacial score (nSPS) is 12.6. The first kappa shape index (κ1) is 19.1. The van der Waals surface area contributed by atoms with Gasteiger partial charge in [-0.1, -0.05) is 48.5 Å². The quantitative estimate of drug-likeness (QED) is 0.467. The maximum absolute atomic E-state index is 12.5. The van der Waals surface area contributed by atoms with Crippen molar-refractivity contribution in [1.29, 1.82) is 0 Å². The molecule has 0 fully saturated rings. The van der Waals surface area contributed by atoms with Gasteiger partial charge in [0.2, 0.25) is 0 Å². The van der Waals surface area contributed by atoms with Crippen molar-refractivity contribution in [3.8, 4) is 11.5 Å². The summed E-state index contributed by atoms with van der Waals surface area (Å²) in [6.45, 7) is 1.38. The van der Waals surface area contributed by atoms with E-state index in [-0.39, 0.29) is 17.0 Å². The topological polar surface area (TPSA) is 95.9 Å². The van der Waals surface area contributed by atoms with Gasteiger partial charge in [0.25, 0.3) is 5.91 Å². The first-order valence-corrected chi connectivity index (χ1v) is 8.57. The highest BCUT2D eigenvalue weighted by atomic mass is 16.5. The van der Waals surface area contributed by atoms with E-state index in [1.807, 2.05) is 0 Å². The number of esters is 1. The van der Waals surface area contributed by atoms with E-state index in [9.17, 15) is 19.8 Å². The molecule has 1 unspecified atom stereocenters. The molecular weight excluding hydrogens is 358 g/mol. The van der Waals surface area contributed by atoms with Crippen LogP contribution in [-0.2, 0) is 10.4 Å². The lowest BCUT2D eigenvalue weighted by Gasteiger charge is -2.23. The standard InChI is InChI=1S/C22H19NO5/c1-22(27,15-8-4-2-5-9-15)21(26)23-16-12-13-18(19(24)14-16)20(25)28-17-10-6-3-7-11-17/h2-14,24,27H,1H3,(H,23,26). The van der Waals surface area contributed by atoms with Crippen molar-refractivity contribution in [3.63, 3.8) is 0 Å². The summed E-state index contributed by atoms with van der Waals surface area (Å²) in [6.07, 6.45) is 0. The summed E-state index contributed by atoms with van der Waals surface area (Å²) in [6, 6.07) is 21.0. The molecule has 6 heteroatoms. The summed E-state index contributed by atoms with van der Waals surface area (Å²) in [4.78, 5) is 24.7. The molecule has 3 aromatic rings. The zero-order chi connectivity index (χ0) is 20.1. The van der Waals surface area contributed by atoms with Gasteiger partial charge in [0.1, 0.15) is 17.1 Å². The third-order valence-corrected chi connectivity index (χ3v) is 4.21. The number of para-hydroxylation sites is 1. The Kier molecular flexibility index (Phi) is 5.42. The van der Waals surface area contributed by atoms with Gasteiger partial charge in [-0.2, -0.15) is 0 Å². The van der Waals surface area contributed by atoms with Crippen LogP contribution in [0.5, 0.6) is 11.5 Å². The monoisotopic (exact) mass is 377 g/mol. The number of ether oxygens (including phenoxy) is 1. The van der Waals surface area contributed by atoms with Crippen LogP contribution in [0.25, 0.3) is 0 Å². The van der Waals surface area contributed by atoms with Crippen molar-refractivity contribution in [3.05, 3.63) is 90.0 Å². The minimum Gasteiger partial charge on any atom is -0.507 e. The molecule has 28 heavy (non-hydrogen) atoms. The van der Waals surface area contributed by atoms with E-state index in [0.29, 0.717) is 11.3 Å². The number of anilines is 1. The number of hydrogen-bond donors (Lipinski definition) is 3. The molecule has 0 saturated carbocycles. The minimum absolute atomic E-state index is 0.0447. The first-order valence-electron chi connectivity index (χ1n) is 8.57. The first-order chi connectivity index (χ1) is 13.4. The Labute approximate surface area is 162 Å². The van der Waals surface area contributed by atoms with E-state index in [2.05, 4.69) is 5.32 Å². The summed E-state index contributed by atoms with van der Waals surface area (Å²) < 4.78 is 5.19. The molecule has 6 nitrogen and oxygen atoms in total. The second kappa shape index (κ2) is 7.94. The number of rotatable bonds is 5. The minimum atomic E-state index is -1.76. The Hall–Kier alpha value is -3.64. The summed E-state index contributed by atoms with van der Waals surface area (Å²) in [5, 5.41) is 23.2. The van der Waals surface area contributed by atoms with Crippen LogP contribution in [0, 0.1) is 0 Å². The van der Waals surface area contributed by atoms with Crippen molar-refractivity contribution in [2.24, 2.45) is 0 Å². The third-order valence-electron chi connectivity index (χ3n) is 4.21. The molecular formula is C22H19NO5. The average molecular weight is 377 g/mol. The van der Waals surface area contributed by atoms with Gasteiger partial charge < -0.3 is 20.3 Å². The van der Waals surface area contributed by atoms with Crippen LogP contribution in [0.4, 0.5) is 5.69 Å². The molecule has 3 rings (SSSR count). The van der Waals surface area contributed by atoms with Crippen LogP contribution in [0.1, 0.15) is 22.8 Å². The Morgan fingerprint density at radius 3 is 2.14 bits per heavy atom. The van der Waals surface area contributed by atoms with Crippen molar-refractivity contribution in [2.45, 2.75) is 12.5 Å². The number of amides is 1. The number of carbonyl (C=O) groups excluding carboxylic acids is 2. The Balaban J connectivity index is 1.73. The number of hydrogen-bond acceptors (Lipinski definition) is 5. The largest absolute Gasteiger partial charge is 0.507 e. The zero-order valence-electron chi connectivity index (χ0n) is 15.1. The fourth-order valence-corrected chi connectivity index (χ4v) is 2.58. The molecule has 0 aliphatic rings. The summed E-state index contributed by atoms with van der Waals surface area (Å²) >= 11 is 0. The molecule has 1 atom stereocenters. The highest BCUT2D eigenvalue weighted by Crippen LogP contribution is 2.26. The van der Waals surface area contributed by atoms with E-state index < -0.39 is 17.5 Å². The van der Waals surface area contributed by atoms with Crippen molar-refractivity contribution < 1.29 is 24.5 Å². The van der Waals surface area contributed by atoms with Gasteiger partial charge in [-0.05, 0) is 36.8 Å². The van der Waals surface area contributed by atoms with Crippen LogP contribution in [0.2, 0.25) is 0 Å². The van der Waals surface area contributed by atoms with Crippen LogP contribution < -0.4 is 10.1 Å². The molecule has 3 aromatic carbocycles. The Bertz CT molecular complexity index is 984. The number of benzene rings is 3. The number of phenolic OH excluding ortho intramolecular Hbond substituents is 1. The van der Waals surface area contributed by atoms with Crippen molar-refractivity contribution in [1.82, 2.24) is 0 Å². The molecule has 0 aromatic heterocycles. The van der Waals surface area contributed by atoms with Gasteiger partial charge in [-0.3, -0.25) is 4.79 Å². The SMILES string of the molecule is CC(O)(C(=O)Nc1ccc(C(=O)Oc2ccccc2)c(O)c1)c1ccccc1. The van der Waals surface area contributed by atoms with Gasteiger partial charge in [-0.15, -0.1) is 0 Å². The van der Waals surface area contributed by atoms with Gasteiger partial charge in [-0.25, -0.2) is 4.79 Å². The number of aromatic hydroxyl groups is 1. The van der Waals surface area contributed by atoms with Gasteiger partial charge in [0.15, 0.2) is 5.60 Å². The molecule has 3 N–H and O–H groups in total. The van der Waals surface area contributed by atoms with E-state index in [1.54, 1.807) is 60.7 Å². The second-order valence-electron chi connectivity index (χ2n) is 6.33. The maximum atomic E-state index is 12.5. The zero-order valence-corrected chi connectivity index (χ0v) is 15.1. The van der Waals surface area contributed by atoms with Crippen LogP contribution in [0.3, 0.4) is 0 Å². The van der Waals surface area contributed by atoms with E-state index in [1.165, 1.54) is 25.1 Å². The Morgan fingerprint density at radius 1 is 0.929 bits per heavy atom. The molecule has 0 saturated heterocycles. The van der Waals surface area contributed by atoms with Crippen LogP contribution in [-0.4, -0.2) is 22.1 Å². The number of phenols is 1. The molecule has 0 spiro atoms. The third kappa shape index (κ3) is 4.19. The maximum Gasteiger partial charge on any atom is 0.347 e. The number of aliphatic hydroxyl groups is 1. The van der Waals surface area contributed by atoms with Crippen molar-refractivity contribution in [2.75, 3.05) is 5.32 Å². The molecule has 0 heterocycles. The molecule has 0 aliphatic carbocycles. The average Bonchev–Trinajstić information content (AvgIpc) is 2.69. The summed E-state index contributed by atoms with van der Waals surface area (Å²) in [7, 11) is 0. The Morgan fingerprint density at radius 2 is 1.54 bits per heavy atom.